The monoisotopic (exact) mass is 233 g/mol. The predicted molar refractivity (Wildman–Crippen MR) is 54.6 cm³/mol. The van der Waals surface area contributed by atoms with Gasteiger partial charge in [0.2, 0.25) is 11.5 Å². The van der Waals surface area contributed by atoms with E-state index in [1.54, 1.807) is 30.3 Å². The summed E-state index contributed by atoms with van der Waals surface area (Å²) in [6.07, 6.45) is 0.899. The molecule has 0 aliphatic heterocycles. The molecule has 17 heavy (non-hydrogen) atoms. The quantitative estimate of drug-likeness (QED) is 0.271. The lowest BCUT2D eigenvalue weighted by molar-refractivity contribution is -0.802. The Hall–Kier alpha value is -2.70. The van der Waals surface area contributed by atoms with Crippen LogP contribution in [-0.4, -0.2) is 21.9 Å². The van der Waals surface area contributed by atoms with Crippen molar-refractivity contribution in [3.05, 3.63) is 53.0 Å². The Kier molecular flexibility index (Phi) is 2.82. The van der Waals surface area contributed by atoms with Gasteiger partial charge in [-0.2, -0.15) is 0 Å². The van der Waals surface area contributed by atoms with Crippen molar-refractivity contribution in [3.8, 4) is 0 Å². The van der Waals surface area contributed by atoms with Crippen molar-refractivity contribution >= 4 is 11.5 Å². The number of rotatable bonds is 3. The number of Topliss-reactive ketones (excluding diaryl/α,β-unsaturated/α-hetero) is 1. The van der Waals surface area contributed by atoms with Crippen LogP contribution < -0.4 is 4.90 Å². The predicted octanol–water partition coefficient (Wildman–Crippen LogP) is 0.369. The highest BCUT2D eigenvalue weighted by molar-refractivity contribution is 6.50. The van der Waals surface area contributed by atoms with Gasteiger partial charge >= 0.3 is 0 Å². The van der Waals surface area contributed by atoms with Gasteiger partial charge in [0, 0.05) is 10.7 Å². The largest absolute Gasteiger partial charge is 0.410 e. The SMILES string of the molecule is O=C(/C(=N\O)c1c[n+]([O-])on1)c1ccccc1. The average molecular weight is 233 g/mol. The minimum absolute atomic E-state index is 0.0544. The van der Waals surface area contributed by atoms with E-state index in [2.05, 4.69) is 14.9 Å². The fourth-order valence-corrected chi connectivity index (χ4v) is 1.27. The number of carbonyl (C=O) groups excluding carboxylic acids is 1. The van der Waals surface area contributed by atoms with Gasteiger partial charge in [-0.15, -0.1) is 0 Å². The molecule has 86 valence electrons. The molecule has 0 bridgehead atoms. The van der Waals surface area contributed by atoms with Gasteiger partial charge in [-0.25, -0.2) is 0 Å². The fourth-order valence-electron chi connectivity index (χ4n) is 1.27. The number of aromatic nitrogens is 2. The normalized spacial score (nSPS) is 11.4. The Morgan fingerprint density at radius 3 is 2.65 bits per heavy atom. The summed E-state index contributed by atoms with van der Waals surface area (Å²) >= 11 is 0. The molecule has 0 saturated heterocycles. The van der Waals surface area contributed by atoms with E-state index >= 15 is 0 Å². The summed E-state index contributed by atoms with van der Waals surface area (Å²) in [7, 11) is 0. The second kappa shape index (κ2) is 4.44. The van der Waals surface area contributed by atoms with E-state index in [9.17, 15) is 10.0 Å². The van der Waals surface area contributed by atoms with Crippen LogP contribution in [0.1, 0.15) is 16.1 Å². The molecular formula is C10H7N3O4. The first-order chi connectivity index (χ1) is 8.22. The number of hydrogen-bond acceptors (Lipinski definition) is 6. The van der Waals surface area contributed by atoms with Crippen molar-refractivity contribution < 1.29 is 19.5 Å². The van der Waals surface area contributed by atoms with Gasteiger partial charge in [0.05, 0.1) is 0 Å². The van der Waals surface area contributed by atoms with Crippen molar-refractivity contribution in [1.29, 1.82) is 0 Å². The van der Waals surface area contributed by atoms with Crippen molar-refractivity contribution in [2.45, 2.75) is 0 Å². The molecule has 1 heterocycles. The van der Waals surface area contributed by atoms with Crippen molar-refractivity contribution in [2.75, 3.05) is 0 Å². The summed E-state index contributed by atoms with van der Waals surface area (Å²) in [5, 5.41) is 25.6. The summed E-state index contributed by atoms with van der Waals surface area (Å²) in [5.74, 6) is -0.554. The van der Waals surface area contributed by atoms with Crippen molar-refractivity contribution in [1.82, 2.24) is 5.16 Å². The maximum Gasteiger partial charge on any atom is 0.273 e. The summed E-state index contributed by atoms with van der Waals surface area (Å²) < 4.78 is 4.20. The van der Waals surface area contributed by atoms with E-state index < -0.39 is 5.78 Å². The Morgan fingerprint density at radius 1 is 1.41 bits per heavy atom. The minimum atomic E-state index is -0.554. The van der Waals surface area contributed by atoms with E-state index in [4.69, 9.17) is 5.21 Å². The average Bonchev–Trinajstić information content (AvgIpc) is 2.78. The van der Waals surface area contributed by atoms with Gasteiger partial charge < -0.3 is 10.4 Å². The van der Waals surface area contributed by atoms with Crippen molar-refractivity contribution in [2.24, 2.45) is 5.16 Å². The molecule has 0 fully saturated rings. The number of carbonyl (C=O) groups is 1. The Morgan fingerprint density at radius 2 is 2.12 bits per heavy atom. The Balaban J connectivity index is 2.36. The van der Waals surface area contributed by atoms with Crippen LogP contribution in [0.4, 0.5) is 0 Å². The number of benzene rings is 1. The molecule has 0 unspecified atom stereocenters. The highest BCUT2D eigenvalue weighted by Gasteiger charge is 2.24. The third kappa shape index (κ3) is 2.12. The van der Waals surface area contributed by atoms with E-state index in [0.717, 1.165) is 6.20 Å². The summed E-state index contributed by atoms with van der Waals surface area (Å²) in [6, 6.07) is 8.18. The Bertz CT molecular complexity index is 562. The molecule has 2 rings (SSSR count). The summed E-state index contributed by atoms with van der Waals surface area (Å²) in [4.78, 5) is 12.0. The first-order valence-corrected chi connectivity index (χ1v) is 4.61. The third-order valence-corrected chi connectivity index (χ3v) is 2.04. The minimum Gasteiger partial charge on any atom is -0.410 e. The molecule has 2 aromatic rings. The van der Waals surface area contributed by atoms with E-state index in [-0.39, 0.29) is 16.3 Å². The lowest BCUT2D eigenvalue weighted by Crippen LogP contribution is -2.22. The van der Waals surface area contributed by atoms with Crippen LogP contribution in [0.15, 0.2) is 46.3 Å². The van der Waals surface area contributed by atoms with Crippen LogP contribution in [-0.2, 0) is 0 Å². The van der Waals surface area contributed by atoms with Gasteiger partial charge in [-0.05, 0) is 4.90 Å². The van der Waals surface area contributed by atoms with Crippen LogP contribution in [0.5, 0.6) is 0 Å². The maximum absolute atomic E-state index is 11.9. The van der Waals surface area contributed by atoms with Crippen LogP contribution in [0.25, 0.3) is 0 Å². The summed E-state index contributed by atoms with van der Waals surface area (Å²) in [6.45, 7) is 0. The van der Waals surface area contributed by atoms with Crippen LogP contribution in [0.2, 0.25) is 0 Å². The third-order valence-electron chi connectivity index (χ3n) is 2.04. The maximum atomic E-state index is 11.9. The molecule has 0 aliphatic carbocycles. The molecule has 7 nitrogen and oxygen atoms in total. The fraction of sp³-hybridized carbons (Fsp3) is 0. The molecular weight excluding hydrogens is 226 g/mol. The molecule has 1 aromatic heterocycles. The van der Waals surface area contributed by atoms with Crippen LogP contribution >= 0.6 is 0 Å². The number of oxime groups is 1. The van der Waals surface area contributed by atoms with Crippen molar-refractivity contribution in [3.63, 3.8) is 0 Å². The summed E-state index contributed by atoms with van der Waals surface area (Å²) in [5.41, 5.74) is -0.161. The highest BCUT2D eigenvalue weighted by atomic mass is 16.8. The Labute approximate surface area is 95.1 Å². The lowest BCUT2D eigenvalue weighted by atomic mass is 10.1. The zero-order valence-corrected chi connectivity index (χ0v) is 8.48. The topological polar surface area (TPSA) is 103 Å². The molecule has 0 aliphatic rings. The standard InChI is InChI=1S/C10H7N3O4/c14-10(7-4-2-1-3-5-7)9(11-15)8-6-13(16)17-12-8/h1-6,15H/b11-9-. The molecule has 0 saturated carbocycles. The molecule has 1 N–H and O–H groups in total. The van der Waals surface area contributed by atoms with E-state index in [0.29, 0.717) is 5.56 Å². The highest BCUT2D eigenvalue weighted by Crippen LogP contribution is 2.05. The molecule has 0 atom stereocenters. The van der Waals surface area contributed by atoms with Crippen LogP contribution in [0.3, 0.4) is 0 Å². The number of hydrogen-bond donors (Lipinski definition) is 1. The zero-order valence-electron chi connectivity index (χ0n) is 8.48. The van der Waals surface area contributed by atoms with Gasteiger partial charge in [0.15, 0.2) is 6.20 Å². The smallest absolute Gasteiger partial charge is 0.273 e. The second-order valence-electron chi connectivity index (χ2n) is 3.12. The molecule has 0 spiro atoms. The number of nitrogens with zero attached hydrogens (tertiary/aromatic N) is 3. The zero-order chi connectivity index (χ0) is 12.3. The van der Waals surface area contributed by atoms with Gasteiger partial charge in [0.25, 0.3) is 5.69 Å². The van der Waals surface area contributed by atoms with E-state index in [1.165, 1.54) is 0 Å². The number of ketones is 1. The molecule has 0 amide bonds. The van der Waals surface area contributed by atoms with Gasteiger partial charge in [-0.1, -0.05) is 35.5 Å². The van der Waals surface area contributed by atoms with Gasteiger partial charge in [-0.3, -0.25) is 9.42 Å². The first kappa shape index (κ1) is 10.8. The van der Waals surface area contributed by atoms with Gasteiger partial charge in [0.1, 0.15) is 0 Å². The van der Waals surface area contributed by atoms with Crippen LogP contribution in [0, 0.1) is 5.21 Å². The second-order valence-corrected chi connectivity index (χ2v) is 3.12. The molecule has 0 radical (unpaired) electrons. The molecule has 1 aromatic carbocycles. The lowest BCUT2D eigenvalue weighted by Gasteiger charge is -1.97. The molecule has 7 heteroatoms. The van der Waals surface area contributed by atoms with E-state index in [1.807, 2.05) is 0 Å². The first-order valence-electron chi connectivity index (χ1n) is 4.61.